The highest BCUT2D eigenvalue weighted by Gasteiger charge is 2.19. The van der Waals surface area contributed by atoms with E-state index >= 15 is 0 Å². The highest BCUT2D eigenvalue weighted by Crippen LogP contribution is 2.08. The Morgan fingerprint density at radius 3 is 2.37 bits per heavy atom. The summed E-state index contributed by atoms with van der Waals surface area (Å²) in [7, 11) is 0. The van der Waals surface area contributed by atoms with Gasteiger partial charge in [-0.05, 0) is 24.2 Å². The minimum Gasteiger partial charge on any atom is -0.340 e. The van der Waals surface area contributed by atoms with Gasteiger partial charge >= 0.3 is 0 Å². The number of piperazine rings is 1. The van der Waals surface area contributed by atoms with E-state index in [0.29, 0.717) is 12.0 Å². The van der Waals surface area contributed by atoms with Crippen molar-refractivity contribution in [2.75, 3.05) is 32.7 Å². The Kier molecular flexibility index (Phi) is 4.53. The number of carbonyl (C=O) groups is 1. The number of nitriles is 1. The molecule has 0 unspecified atom stereocenters. The van der Waals surface area contributed by atoms with Gasteiger partial charge in [0.15, 0.2) is 0 Å². The van der Waals surface area contributed by atoms with E-state index in [1.807, 2.05) is 17.0 Å². The lowest BCUT2D eigenvalue weighted by molar-refractivity contribution is -0.132. The van der Waals surface area contributed by atoms with Crippen molar-refractivity contribution < 1.29 is 4.79 Å². The largest absolute Gasteiger partial charge is 0.340 e. The van der Waals surface area contributed by atoms with Gasteiger partial charge in [-0.15, -0.1) is 0 Å². The SMILES string of the molecule is CCN1CCN(C(=O)Cc2ccc(C#N)cc2)CC1. The molecular weight excluding hydrogens is 238 g/mol. The second kappa shape index (κ2) is 6.35. The third-order valence-corrected chi connectivity index (χ3v) is 3.61. The zero-order valence-electron chi connectivity index (χ0n) is 11.3. The van der Waals surface area contributed by atoms with Crippen LogP contribution >= 0.6 is 0 Å². The maximum atomic E-state index is 12.2. The van der Waals surface area contributed by atoms with Gasteiger partial charge in [0.1, 0.15) is 0 Å². The normalized spacial score (nSPS) is 16.1. The van der Waals surface area contributed by atoms with E-state index in [9.17, 15) is 4.79 Å². The second-order valence-corrected chi connectivity index (χ2v) is 4.80. The predicted molar refractivity (Wildman–Crippen MR) is 73.6 cm³/mol. The summed E-state index contributed by atoms with van der Waals surface area (Å²) < 4.78 is 0. The van der Waals surface area contributed by atoms with Crippen molar-refractivity contribution in [3.8, 4) is 6.07 Å². The second-order valence-electron chi connectivity index (χ2n) is 4.80. The molecular formula is C15H19N3O. The van der Waals surface area contributed by atoms with Gasteiger partial charge in [-0.25, -0.2) is 0 Å². The van der Waals surface area contributed by atoms with Crippen LogP contribution in [0.15, 0.2) is 24.3 Å². The number of hydrogen-bond acceptors (Lipinski definition) is 3. The predicted octanol–water partition coefficient (Wildman–Crippen LogP) is 1.26. The maximum Gasteiger partial charge on any atom is 0.227 e. The summed E-state index contributed by atoms with van der Waals surface area (Å²) in [5.41, 5.74) is 1.61. The lowest BCUT2D eigenvalue weighted by atomic mass is 10.1. The number of benzene rings is 1. The van der Waals surface area contributed by atoms with Gasteiger partial charge < -0.3 is 9.80 Å². The number of carbonyl (C=O) groups excluding carboxylic acids is 1. The summed E-state index contributed by atoms with van der Waals surface area (Å²) in [5, 5.41) is 8.73. The van der Waals surface area contributed by atoms with Gasteiger partial charge in [-0.1, -0.05) is 19.1 Å². The maximum absolute atomic E-state index is 12.2. The Morgan fingerprint density at radius 1 is 1.21 bits per heavy atom. The molecule has 0 aromatic heterocycles. The van der Waals surface area contributed by atoms with Gasteiger partial charge in [0.2, 0.25) is 5.91 Å². The van der Waals surface area contributed by atoms with Crippen LogP contribution in [0.5, 0.6) is 0 Å². The topological polar surface area (TPSA) is 47.3 Å². The first-order valence-electron chi connectivity index (χ1n) is 6.72. The van der Waals surface area contributed by atoms with Crippen molar-refractivity contribution in [3.05, 3.63) is 35.4 Å². The molecule has 1 aliphatic heterocycles. The molecule has 1 heterocycles. The van der Waals surface area contributed by atoms with Crippen LogP contribution < -0.4 is 0 Å². The van der Waals surface area contributed by atoms with E-state index in [2.05, 4.69) is 17.9 Å². The van der Waals surface area contributed by atoms with Crippen LogP contribution in [0, 0.1) is 11.3 Å². The minimum absolute atomic E-state index is 0.181. The number of rotatable bonds is 3. The van der Waals surface area contributed by atoms with E-state index in [-0.39, 0.29) is 5.91 Å². The fourth-order valence-corrected chi connectivity index (χ4v) is 2.30. The molecule has 1 aromatic carbocycles. The van der Waals surface area contributed by atoms with Crippen molar-refractivity contribution in [3.63, 3.8) is 0 Å². The lowest BCUT2D eigenvalue weighted by Gasteiger charge is -2.34. The van der Waals surface area contributed by atoms with Crippen molar-refractivity contribution in [2.24, 2.45) is 0 Å². The molecule has 4 nitrogen and oxygen atoms in total. The van der Waals surface area contributed by atoms with Crippen LogP contribution in [0.3, 0.4) is 0 Å². The Morgan fingerprint density at radius 2 is 1.84 bits per heavy atom. The van der Waals surface area contributed by atoms with Crippen LogP contribution in [0.25, 0.3) is 0 Å². The van der Waals surface area contributed by atoms with Crippen molar-refractivity contribution in [1.82, 2.24) is 9.80 Å². The summed E-state index contributed by atoms with van der Waals surface area (Å²) in [6, 6.07) is 9.32. The van der Waals surface area contributed by atoms with E-state index in [0.717, 1.165) is 38.3 Å². The zero-order chi connectivity index (χ0) is 13.7. The third kappa shape index (κ3) is 3.55. The molecule has 100 valence electrons. The highest BCUT2D eigenvalue weighted by atomic mass is 16.2. The molecule has 0 saturated carbocycles. The standard InChI is InChI=1S/C15H19N3O/c1-2-17-7-9-18(10-8-17)15(19)11-13-3-5-14(12-16)6-4-13/h3-6H,2,7-11H2,1H3. The van der Waals surface area contributed by atoms with Gasteiger partial charge in [-0.3, -0.25) is 4.79 Å². The van der Waals surface area contributed by atoms with Crippen molar-refractivity contribution >= 4 is 5.91 Å². The van der Waals surface area contributed by atoms with E-state index in [1.54, 1.807) is 12.1 Å². The molecule has 0 N–H and O–H groups in total. The van der Waals surface area contributed by atoms with Gasteiger partial charge in [0.25, 0.3) is 0 Å². The molecule has 1 saturated heterocycles. The molecule has 1 fully saturated rings. The smallest absolute Gasteiger partial charge is 0.227 e. The first-order chi connectivity index (χ1) is 9.22. The average Bonchev–Trinajstić information content (AvgIpc) is 2.48. The molecule has 19 heavy (non-hydrogen) atoms. The molecule has 0 radical (unpaired) electrons. The number of amides is 1. The highest BCUT2D eigenvalue weighted by molar-refractivity contribution is 5.78. The van der Waals surface area contributed by atoms with Crippen LogP contribution in [-0.4, -0.2) is 48.4 Å². The molecule has 0 spiro atoms. The zero-order valence-corrected chi connectivity index (χ0v) is 11.3. The number of likely N-dealkylation sites (N-methyl/N-ethyl adjacent to an activating group) is 1. The molecule has 0 aliphatic carbocycles. The monoisotopic (exact) mass is 257 g/mol. The molecule has 4 heteroatoms. The van der Waals surface area contributed by atoms with Crippen molar-refractivity contribution in [2.45, 2.75) is 13.3 Å². The summed E-state index contributed by atoms with van der Waals surface area (Å²) in [5.74, 6) is 0.181. The van der Waals surface area contributed by atoms with Crippen LogP contribution in [0.4, 0.5) is 0 Å². The Labute approximate surface area is 114 Å². The molecule has 1 amide bonds. The molecule has 1 aromatic rings. The van der Waals surface area contributed by atoms with Gasteiger partial charge in [0.05, 0.1) is 18.1 Å². The molecule has 0 bridgehead atoms. The lowest BCUT2D eigenvalue weighted by Crippen LogP contribution is -2.48. The molecule has 1 aliphatic rings. The van der Waals surface area contributed by atoms with E-state index in [4.69, 9.17) is 5.26 Å². The Hall–Kier alpha value is -1.86. The van der Waals surface area contributed by atoms with Crippen LogP contribution in [-0.2, 0) is 11.2 Å². The minimum atomic E-state index is 0.181. The first kappa shape index (κ1) is 13.6. The Balaban J connectivity index is 1.89. The summed E-state index contributed by atoms with van der Waals surface area (Å²) in [6.07, 6.45) is 0.428. The first-order valence-corrected chi connectivity index (χ1v) is 6.72. The van der Waals surface area contributed by atoms with Gasteiger partial charge in [-0.2, -0.15) is 5.26 Å². The molecule has 2 rings (SSSR count). The fourth-order valence-electron chi connectivity index (χ4n) is 2.30. The quantitative estimate of drug-likeness (QED) is 0.819. The summed E-state index contributed by atoms with van der Waals surface area (Å²) in [4.78, 5) is 16.4. The molecule has 0 atom stereocenters. The Bertz CT molecular complexity index is 467. The van der Waals surface area contributed by atoms with Gasteiger partial charge in [0, 0.05) is 26.2 Å². The van der Waals surface area contributed by atoms with Crippen molar-refractivity contribution in [1.29, 1.82) is 5.26 Å². The third-order valence-electron chi connectivity index (χ3n) is 3.61. The summed E-state index contributed by atoms with van der Waals surface area (Å²) >= 11 is 0. The van der Waals surface area contributed by atoms with E-state index in [1.165, 1.54) is 0 Å². The number of nitrogens with zero attached hydrogens (tertiary/aromatic N) is 3. The summed E-state index contributed by atoms with van der Waals surface area (Å²) in [6.45, 7) is 6.78. The van der Waals surface area contributed by atoms with E-state index < -0.39 is 0 Å². The number of hydrogen-bond donors (Lipinski definition) is 0. The van der Waals surface area contributed by atoms with Crippen LogP contribution in [0.1, 0.15) is 18.1 Å². The van der Waals surface area contributed by atoms with Crippen LogP contribution in [0.2, 0.25) is 0 Å². The average molecular weight is 257 g/mol. The fraction of sp³-hybridized carbons (Fsp3) is 0.467.